The standard InChI is InChI=1S/C34H36P.BrH/c1-2-12-28-19-23-30(24-20-28)31-25-21-29(22-26-31)27-35(32-13-6-3-7-14-32,33-15-8-4-9-16-33)34-17-10-5-11-18-34;/h2-11,13-18,21-22,25-26,28,30H,1,12,19-20,23-24,27H2;1H/q+1;/p-1. The van der Waals surface area contributed by atoms with Crippen LogP contribution in [0.5, 0.6) is 0 Å². The fourth-order valence-corrected chi connectivity index (χ4v) is 10.1. The minimum Gasteiger partial charge on any atom is -1.00 e. The van der Waals surface area contributed by atoms with Gasteiger partial charge in [0.2, 0.25) is 0 Å². The molecule has 0 aromatic heterocycles. The summed E-state index contributed by atoms with van der Waals surface area (Å²) in [5.41, 5.74) is 2.95. The van der Waals surface area contributed by atoms with E-state index in [1.807, 2.05) is 0 Å². The zero-order valence-corrected chi connectivity index (χ0v) is 23.5. The third kappa shape index (κ3) is 5.74. The zero-order valence-electron chi connectivity index (χ0n) is 21.0. The fourth-order valence-electron chi connectivity index (χ4n) is 5.90. The summed E-state index contributed by atoms with van der Waals surface area (Å²) in [6, 6.07) is 43.3. The lowest BCUT2D eigenvalue weighted by molar-refractivity contribution is -0.00000692. The summed E-state index contributed by atoms with van der Waals surface area (Å²) in [7, 11) is -1.85. The van der Waals surface area contributed by atoms with Crippen LogP contribution in [0.1, 0.15) is 49.1 Å². The van der Waals surface area contributed by atoms with Gasteiger partial charge >= 0.3 is 0 Å². The van der Waals surface area contributed by atoms with Gasteiger partial charge in [-0.3, -0.25) is 0 Å². The fraction of sp³-hybridized carbons (Fsp3) is 0.235. The molecule has 0 atom stereocenters. The van der Waals surface area contributed by atoms with Gasteiger partial charge in [0, 0.05) is 0 Å². The third-order valence-corrected chi connectivity index (χ3v) is 12.2. The Morgan fingerprint density at radius 1 is 0.611 bits per heavy atom. The van der Waals surface area contributed by atoms with Crippen molar-refractivity contribution < 1.29 is 17.0 Å². The molecule has 0 heterocycles. The molecular weight excluding hydrogens is 519 g/mol. The molecule has 1 aliphatic rings. The molecule has 0 spiro atoms. The van der Waals surface area contributed by atoms with Crippen LogP contribution >= 0.6 is 7.26 Å². The Bertz CT molecular complexity index is 1100. The Labute approximate surface area is 228 Å². The minimum absolute atomic E-state index is 0. The summed E-state index contributed by atoms with van der Waals surface area (Å²) in [6.07, 6.45) is 9.61. The van der Waals surface area contributed by atoms with Crippen molar-refractivity contribution in [3.05, 3.63) is 139 Å². The average molecular weight is 556 g/mol. The summed E-state index contributed by atoms with van der Waals surface area (Å²) >= 11 is 0. The third-order valence-electron chi connectivity index (χ3n) is 7.81. The van der Waals surface area contributed by atoms with E-state index in [1.54, 1.807) is 0 Å². The van der Waals surface area contributed by atoms with Gasteiger partial charge in [-0.1, -0.05) is 84.9 Å². The predicted octanol–water partition coefficient (Wildman–Crippen LogP) is 5.03. The van der Waals surface area contributed by atoms with Gasteiger partial charge in [0.25, 0.3) is 0 Å². The quantitative estimate of drug-likeness (QED) is 0.211. The number of hydrogen-bond donors (Lipinski definition) is 0. The smallest absolute Gasteiger partial charge is 0.116 e. The lowest BCUT2D eigenvalue weighted by Crippen LogP contribution is -3.00. The first-order valence-electron chi connectivity index (χ1n) is 13.0. The topological polar surface area (TPSA) is 0 Å². The molecule has 0 saturated heterocycles. The molecule has 0 aliphatic heterocycles. The van der Waals surface area contributed by atoms with Crippen LogP contribution in [0.4, 0.5) is 0 Å². The SMILES string of the molecule is C=CCC1CCC(c2ccc(C[P+](c3ccccc3)(c3ccccc3)c3ccccc3)cc2)CC1.[Br-]. The van der Waals surface area contributed by atoms with E-state index < -0.39 is 7.26 Å². The Morgan fingerprint density at radius 3 is 1.47 bits per heavy atom. The van der Waals surface area contributed by atoms with Gasteiger partial charge in [-0.25, -0.2) is 0 Å². The first-order valence-corrected chi connectivity index (χ1v) is 15.0. The molecule has 0 bridgehead atoms. The van der Waals surface area contributed by atoms with Gasteiger partial charge < -0.3 is 17.0 Å². The van der Waals surface area contributed by atoms with Crippen LogP contribution in [0.2, 0.25) is 0 Å². The van der Waals surface area contributed by atoms with Crippen molar-refractivity contribution in [2.75, 3.05) is 0 Å². The van der Waals surface area contributed by atoms with Gasteiger partial charge in [0.15, 0.2) is 0 Å². The minimum atomic E-state index is -1.85. The second-order valence-corrected chi connectivity index (χ2v) is 13.4. The Morgan fingerprint density at radius 2 is 1.06 bits per heavy atom. The zero-order chi connectivity index (χ0) is 23.9. The Kier molecular flexibility index (Phi) is 9.35. The van der Waals surface area contributed by atoms with Crippen molar-refractivity contribution in [2.45, 2.75) is 44.2 Å². The maximum atomic E-state index is 3.94. The molecule has 4 aromatic rings. The van der Waals surface area contributed by atoms with Crippen LogP contribution in [-0.4, -0.2) is 0 Å². The lowest BCUT2D eigenvalue weighted by atomic mass is 9.77. The van der Waals surface area contributed by atoms with Gasteiger partial charge in [-0.2, -0.15) is 0 Å². The molecule has 184 valence electrons. The molecule has 1 fully saturated rings. The molecular formula is C34H36BrP. The summed E-state index contributed by atoms with van der Waals surface area (Å²) in [4.78, 5) is 0. The molecule has 1 aliphatic carbocycles. The molecule has 5 rings (SSSR count). The molecule has 0 N–H and O–H groups in total. The second kappa shape index (κ2) is 12.7. The number of hydrogen-bond acceptors (Lipinski definition) is 0. The molecule has 2 heteroatoms. The van der Waals surface area contributed by atoms with E-state index in [1.165, 1.54) is 59.1 Å². The van der Waals surface area contributed by atoms with Crippen molar-refractivity contribution in [1.29, 1.82) is 0 Å². The number of rotatable bonds is 8. The monoisotopic (exact) mass is 554 g/mol. The largest absolute Gasteiger partial charge is 1.00 e. The van der Waals surface area contributed by atoms with Crippen LogP contribution in [0.25, 0.3) is 0 Å². The molecule has 0 unspecified atom stereocenters. The number of allylic oxidation sites excluding steroid dienone is 1. The predicted molar refractivity (Wildman–Crippen MR) is 155 cm³/mol. The van der Waals surface area contributed by atoms with Crippen molar-refractivity contribution in [1.82, 2.24) is 0 Å². The molecule has 1 saturated carbocycles. The van der Waals surface area contributed by atoms with Gasteiger partial charge in [-0.05, 0) is 91.5 Å². The van der Waals surface area contributed by atoms with E-state index in [0.717, 1.165) is 12.1 Å². The van der Waals surface area contributed by atoms with Gasteiger partial charge in [-0.15, -0.1) is 6.58 Å². The van der Waals surface area contributed by atoms with Crippen molar-refractivity contribution in [3.63, 3.8) is 0 Å². The maximum Gasteiger partial charge on any atom is 0.116 e. The van der Waals surface area contributed by atoms with Gasteiger partial charge in [0.05, 0.1) is 6.16 Å². The van der Waals surface area contributed by atoms with Crippen molar-refractivity contribution >= 4 is 23.2 Å². The van der Waals surface area contributed by atoms with E-state index in [2.05, 4.69) is 128 Å². The summed E-state index contributed by atoms with van der Waals surface area (Å²) < 4.78 is 0. The highest BCUT2D eigenvalue weighted by atomic mass is 79.9. The Hall–Kier alpha value is -2.47. The highest BCUT2D eigenvalue weighted by molar-refractivity contribution is 7.95. The maximum absolute atomic E-state index is 3.94. The number of halogens is 1. The summed E-state index contributed by atoms with van der Waals surface area (Å²) in [6.45, 7) is 3.94. The first-order chi connectivity index (χ1) is 17.3. The van der Waals surface area contributed by atoms with E-state index >= 15 is 0 Å². The molecule has 0 nitrogen and oxygen atoms in total. The van der Waals surface area contributed by atoms with Gasteiger partial charge in [0.1, 0.15) is 23.2 Å². The first kappa shape index (κ1) is 26.6. The molecule has 36 heavy (non-hydrogen) atoms. The van der Waals surface area contributed by atoms with E-state index in [0.29, 0.717) is 5.92 Å². The van der Waals surface area contributed by atoms with E-state index in [4.69, 9.17) is 0 Å². The van der Waals surface area contributed by atoms with E-state index in [-0.39, 0.29) is 17.0 Å². The van der Waals surface area contributed by atoms with Crippen molar-refractivity contribution in [2.24, 2.45) is 5.92 Å². The average Bonchev–Trinajstić information content (AvgIpc) is 2.94. The molecule has 0 radical (unpaired) electrons. The highest BCUT2D eigenvalue weighted by Crippen LogP contribution is 2.58. The summed E-state index contributed by atoms with van der Waals surface area (Å²) in [5, 5.41) is 4.34. The van der Waals surface area contributed by atoms with Crippen molar-refractivity contribution in [3.8, 4) is 0 Å². The lowest BCUT2D eigenvalue weighted by Gasteiger charge is -2.29. The second-order valence-electron chi connectivity index (χ2n) is 9.96. The normalized spacial score (nSPS) is 17.7. The highest BCUT2D eigenvalue weighted by Gasteiger charge is 2.45. The van der Waals surface area contributed by atoms with Crippen LogP contribution in [0.3, 0.4) is 0 Å². The van der Waals surface area contributed by atoms with E-state index in [9.17, 15) is 0 Å². The molecule has 0 amide bonds. The van der Waals surface area contributed by atoms with Crippen LogP contribution in [0.15, 0.2) is 128 Å². The van der Waals surface area contributed by atoms with Crippen LogP contribution < -0.4 is 32.9 Å². The van der Waals surface area contributed by atoms with Crippen LogP contribution in [0, 0.1) is 5.92 Å². The number of benzene rings is 4. The summed E-state index contributed by atoms with van der Waals surface area (Å²) in [5.74, 6) is 1.55. The van der Waals surface area contributed by atoms with Crippen LogP contribution in [-0.2, 0) is 6.16 Å². The Balaban J connectivity index is 0.00000304. The molecule has 4 aromatic carbocycles.